The molecule has 4 rings (SSSR count). The zero-order valence-corrected chi connectivity index (χ0v) is 19.8. The van der Waals surface area contributed by atoms with E-state index >= 15 is 0 Å². The van der Waals surface area contributed by atoms with Crippen LogP contribution in [0.3, 0.4) is 0 Å². The fraction of sp³-hybridized carbons (Fsp3) is 0.360. The lowest BCUT2D eigenvalue weighted by atomic mass is 10.1. The van der Waals surface area contributed by atoms with Crippen LogP contribution in [-0.4, -0.2) is 36.3 Å². The minimum atomic E-state index is -3.69. The van der Waals surface area contributed by atoms with Gasteiger partial charge in [-0.2, -0.15) is 4.31 Å². The highest BCUT2D eigenvalue weighted by atomic mass is 32.2. The summed E-state index contributed by atoms with van der Waals surface area (Å²) >= 11 is 0. The summed E-state index contributed by atoms with van der Waals surface area (Å²) in [6, 6.07) is 13.9. The summed E-state index contributed by atoms with van der Waals surface area (Å²) in [6.07, 6.45) is 4.24. The molecule has 1 amide bonds. The van der Waals surface area contributed by atoms with E-state index in [9.17, 15) is 18.0 Å². The van der Waals surface area contributed by atoms with Gasteiger partial charge >= 0.3 is 0 Å². The fourth-order valence-electron chi connectivity index (χ4n) is 4.31. The number of nitrogens with zero attached hydrogens (tertiary/aromatic N) is 2. The number of amides is 1. The highest BCUT2D eigenvalue weighted by Gasteiger charge is 2.27. The molecule has 1 aromatic heterocycles. The van der Waals surface area contributed by atoms with Crippen LogP contribution in [0, 0.1) is 0 Å². The van der Waals surface area contributed by atoms with E-state index in [1.165, 1.54) is 10.4 Å². The molecule has 1 fully saturated rings. The van der Waals surface area contributed by atoms with Gasteiger partial charge in [-0.15, -0.1) is 0 Å². The van der Waals surface area contributed by atoms with E-state index in [4.69, 9.17) is 0 Å². The Balaban J connectivity index is 1.74. The maximum Gasteiger partial charge on any atom is 0.257 e. The molecule has 7 nitrogen and oxygen atoms in total. The van der Waals surface area contributed by atoms with E-state index in [1.807, 2.05) is 44.2 Å². The molecule has 1 aliphatic heterocycles. The molecular weight excluding hydrogens is 438 g/mol. The molecule has 1 saturated heterocycles. The van der Waals surface area contributed by atoms with Crippen LogP contribution in [0.1, 0.15) is 55.1 Å². The van der Waals surface area contributed by atoms with Crippen LogP contribution >= 0.6 is 0 Å². The van der Waals surface area contributed by atoms with Crippen molar-refractivity contribution in [1.29, 1.82) is 0 Å². The lowest BCUT2D eigenvalue weighted by Crippen LogP contribution is -2.35. The van der Waals surface area contributed by atoms with Crippen LogP contribution in [0.5, 0.6) is 0 Å². The zero-order chi connectivity index (χ0) is 23.6. The van der Waals surface area contributed by atoms with Crippen molar-refractivity contribution in [1.82, 2.24) is 14.2 Å². The summed E-state index contributed by atoms with van der Waals surface area (Å²) in [5.41, 5.74) is 1.06. The maximum atomic E-state index is 13.3. The molecule has 33 heavy (non-hydrogen) atoms. The van der Waals surface area contributed by atoms with Crippen molar-refractivity contribution in [3.05, 3.63) is 76.1 Å². The molecule has 1 atom stereocenters. The van der Waals surface area contributed by atoms with E-state index in [0.717, 1.165) is 24.8 Å². The molecule has 174 valence electrons. The van der Waals surface area contributed by atoms with Crippen molar-refractivity contribution in [2.75, 3.05) is 13.1 Å². The van der Waals surface area contributed by atoms with Gasteiger partial charge in [-0.1, -0.05) is 36.8 Å². The summed E-state index contributed by atoms with van der Waals surface area (Å²) < 4.78 is 29.6. The van der Waals surface area contributed by atoms with Gasteiger partial charge in [0.15, 0.2) is 0 Å². The van der Waals surface area contributed by atoms with Crippen molar-refractivity contribution >= 4 is 26.8 Å². The van der Waals surface area contributed by atoms with Gasteiger partial charge in [0.2, 0.25) is 15.5 Å². The number of aryl methyl sites for hydroxylation is 1. The van der Waals surface area contributed by atoms with Gasteiger partial charge in [-0.25, -0.2) is 8.42 Å². The largest absolute Gasteiger partial charge is 0.347 e. The number of aromatic nitrogens is 1. The van der Waals surface area contributed by atoms with Gasteiger partial charge in [0.25, 0.3) is 5.91 Å². The number of hydrogen-bond acceptors (Lipinski definition) is 4. The quantitative estimate of drug-likeness (QED) is 0.599. The van der Waals surface area contributed by atoms with Crippen LogP contribution in [-0.2, 0) is 16.6 Å². The average molecular weight is 468 g/mol. The van der Waals surface area contributed by atoms with E-state index in [1.54, 1.807) is 22.9 Å². The molecule has 0 unspecified atom stereocenters. The Morgan fingerprint density at radius 3 is 2.42 bits per heavy atom. The number of rotatable bonds is 6. The molecule has 2 heterocycles. The summed E-state index contributed by atoms with van der Waals surface area (Å²) in [7, 11) is -3.69. The van der Waals surface area contributed by atoms with Gasteiger partial charge in [0, 0.05) is 31.2 Å². The number of fused-ring (bicyclic) bond motifs is 1. The first-order valence-corrected chi connectivity index (χ1v) is 12.8. The smallest absolute Gasteiger partial charge is 0.257 e. The number of sulfonamides is 1. The summed E-state index contributed by atoms with van der Waals surface area (Å²) in [5, 5.41) is 3.12. The minimum absolute atomic E-state index is 0.000323. The third-order valence-electron chi connectivity index (χ3n) is 6.24. The first kappa shape index (κ1) is 23.2. The minimum Gasteiger partial charge on any atom is -0.347 e. The number of carbonyl (C=O) groups excluding carboxylic acids is 1. The summed E-state index contributed by atoms with van der Waals surface area (Å²) in [5.74, 6) is -0.482. The standard InChI is InChI=1S/C25H29N3O4S/c1-3-27-17-22(25(30)26-18(2)19-10-6-4-7-11-19)24(29)21-16-20(12-13-23(21)27)33(31,32)28-14-8-5-9-15-28/h4,6-7,10-13,16-18H,3,5,8-9,14-15H2,1-2H3,(H,26,30)/t18-/m1/s1. The number of carbonyl (C=O) groups is 1. The Labute approximate surface area is 194 Å². The predicted molar refractivity (Wildman–Crippen MR) is 129 cm³/mol. The number of nitrogens with one attached hydrogen (secondary N) is 1. The third kappa shape index (κ3) is 4.58. The highest BCUT2D eigenvalue weighted by Crippen LogP contribution is 2.24. The Bertz CT molecular complexity index is 1330. The Morgan fingerprint density at radius 1 is 1.06 bits per heavy atom. The first-order valence-electron chi connectivity index (χ1n) is 11.4. The summed E-state index contributed by atoms with van der Waals surface area (Å²) in [4.78, 5) is 26.5. The number of piperidine rings is 1. The number of pyridine rings is 1. The SMILES string of the molecule is CCn1cc(C(=O)N[C@H](C)c2ccccc2)c(=O)c2cc(S(=O)(=O)N3CCCCC3)ccc21. The summed E-state index contributed by atoms with van der Waals surface area (Å²) in [6.45, 7) is 5.27. The van der Waals surface area contributed by atoms with Gasteiger partial charge in [-0.05, 0) is 50.5 Å². The number of hydrogen-bond donors (Lipinski definition) is 1. The molecule has 1 N–H and O–H groups in total. The van der Waals surface area contributed by atoms with Gasteiger partial charge < -0.3 is 9.88 Å². The number of benzene rings is 2. The van der Waals surface area contributed by atoms with Gasteiger partial charge in [-0.3, -0.25) is 9.59 Å². The molecule has 0 aliphatic carbocycles. The molecule has 0 bridgehead atoms. The monoisotopic (exact) mass is 467 g/mol. The molecule has 8 heteroatoms. The first-order chi connectivity index (χ1) is 15.8. The topological polar surface area (TPSA) is 88.5 Å². The molecule has 1 aliphatic rings. The van der Waals surface area contributed by atoms with Crippen LogP contribution in [0.4, 0.5) is 0 Å². The van der Waals surface area contributed by atoms with Gasteiger partial charge in [0.05, 0.1) is 16.5 Å². The van der Waals surface area contributed by atoms with Crippen molar-refractivity contribution in [2.45, 2.75) is 50.6 Å². The van der Waals surface area contributed by atoms with Gasteiger partial charge in [0.1, 0.15) is 5.56 Å². The molecular formula is C25H29N3O4S. The van der Waals surface area contributed by atoms with E-state index in [2.05, 4.69) is 5.32 Å². The normalized spacial score (nSPS) is 15.9. The Morgan fingerprint density at radius 2 is 1.76 bits per heavy atom. The van der Waals surface area contributed by atoms with Crippen molar-refractivity contribution < 1.29 is 13.2 Å². The fourth-order valence-corrected chi connectivity index (χ4v) is 5.86. The Hall–Kier alpha value is -2.97. The second-order valence-corrected chi connectivity index (χ2v) is 10.3. The van der Waals surface area contributed by atoms with Crippen LogP contribution in [0.15, 0.2) is 64.4 Å². The molecule has 0 radical (unpaired) electrons. The maximum absolute atomic E-state index is 13.3. The van der Waals surface area contributed by atoms with E-state index in [-0.39, 0.29) is 21.9 Å². The average Bonchev–Trinajstić information content (AvgIpc) is 2.85. The van der Waals surface area contributed by atoms with E-state index in [0.29, 0.717) is 25.2 Å². The Kier molecular flexibility index (Phi) is 6.67. The van der Waals surface area contributed by atoms with Crippen molar-refractivity contribution in [2.24, 2.45) is 0 Å². The lowest BCUT2D eigenvalue weighted by Gasteiger charge is -2.26. The van der Waals surface area contributed by atoms with Crippen molar-refractivity contribution in [3.8, 4) is 0 Å². The van der Waals surface area contributed by atoms with Crippen LogP contribution in [0.2, 0.25) is 0 Å². The third-order valence-corrected chi connectivity index (χ3v) is 8.13. The van der Waals surface area contributed by atoms with Crippen LogP contribution < -0.4 is 10.7 Å². The molecule has 0 spiro atoms. The van der Waals surface area contributed by atoms with Crippen LogP contribution in [0.25, 0.3) is 10.9 Å². The second-order valence-electron chi connectivity index (χ2n) is 8.41. The highest BCUT2D eigenvalue weighted by molar-refractivity contribution is 7.89. The predicted octanol–water partition coefficient (Wildman–Crippen LogP) is 3.69. The second kappa shape index (κ2) is 9.49. The van der Waals surface area contributed by atoms with E-state index < -0.39 is 21.4 Å². The van der Waals surface area contributed by atoms with Crippen molar-refractivity contribution in [3.63, 3.8) is 0 Å². The molecule has 2 aromatic carbocycles. The zero-order valence-electron chi connectivity index (χ0n) is 19.0. The lowest BCUT2D eigenvalue weighted by molar-refractivity contribution is 0.0938. The molecule has 3 aromatic rings. The molecule has 0 saturated carbocycles.